The van der Waals surface area contributed by atoms with Crippen molar-refractivity contribution < 1.29 is 53.8 Å². The molecule has 3 rings (SSSR count). The first-order chi connectivity index (χ1) is 17.5. The van der Waals surface area contributed by atoms with E-state index in [1.807, 2.05) is 0 Å². The molecule has 0 fully saturated rings. The lowest BCUT2D eigenvalue weighted by molar-refractivity contribution is -0.376. The number of carbonyl (C=O) groups is 1. The van der Waals surface area contributed by atoms with E-state index in [9.17, 15) is 49.1 Å². The lowest BCUT2D eigenvalue weighted by Gasteiger charge is -2.32. The first-order valence-electron chi connectivity index (χ1n) is 10.4. The number of sulfonamides is 1. The number of benzene rings is 3. The summed E-state index contributed by atoms with van der Waals surface area (Å²) in [4.78, 5) is 11.5. The van der Waals surface area contributed by atoms with E-state index in [1.165, 1.54) is 55.6 Å². The van der Waals surface area contributed by atoms with E-state index in [0.717, 1.165) is 0 Å². The van der Waals surface area contributed by atoms with Gasteiger partial charge in [0.2, 0.25) is 10.0 Å². The molecule has 6 nitrogen and oxygen atoms in total. The highest BCUT2D eigenvalue weighted by Gasteiger charge is 2.71. The number of carbonyl (C=O) groups excluding carboxylic acids is 1. The lowest BCUT2D eigenvalue weighted by Crippen LogP contribution is -2.53. The highest BCUT2D eigenvalue weighted by molar-refractivity contribution is 7.91. The molecule has 2 N–H and O–H groups in total. The minimum absolute atomic E-state index is 0.0120. The number of halogens is 7. The Bertz CT molecular complexity index is 1400. The van der Waals surface area contributed by atoms with Gasteiger partial charge in [-0.25, -0.2) is 17.6 Å². The van der Waals surface area contributed by atoms with Crippen LogP contribution in [0.4, 0.5) is 36.4 Å². The maximum absolute atomic E-state index is 14.6. The van der Waals surface area contributed by atoms with E-state index in [4.69, 9.17) is 0 Å². The SMILES string of the molecule is COC(=O)c1ccc(CS(=O)(=O)Nc2ccc(-c3ccc(C(O)(C(F)(F)F)C(F)(F)F)cc3F)cc2)cc1. The number of anilines is 1. The van der Waals surface area contributed by atoms with Crippen molar-refractivity contribution in [1.82, 2.24) is 0 Å². The maximum Gasteiger partial charge on any atom is 0.430 e. The van der Waals surface area contributed by atoms with Crippen LogP contribution in [-0.2, 0) is 26.1 Å². The smallest absolute Gasteiger partial charge is 0.430 e. The van der Waals surface area contributed by atoms with E-state index >= 15 is 0 Å². The van der Waals surface area contributed by atoms with Crippen LogP contribution < -0.4 is 4.72 Å². The summed E-state index contributed by atoms with van der Waals surface area (Å²) in [5.74, 6) is -2.54. The van der Waals surface area contributed by atoms with Crippen molar-refractivity contribution in [2.24, 2.45) is 0 Å². The Kier molecular flexibility index (Phi) is 7.80. The highest BCUT2D eigenvalue weighted by Crippen LogP contribution is 2.50. The van der Waals surface area contributed by atoms with E-state index in [0.29, 0.717) is 17.7 Å². The number of rotatable bonds is 7. The molecule has 0 amide bonds. The van der Waals surface area contributed by atoms with Crippen LogP contribution in [0.2, 0.25) is 0 Å². The monoisotopic (exact) mass is 565 g/mol. The fourth-order valence-electron chi connectivity index (χ4n) is 3.47. The Labute approximate surface area is 211 Å². The summed E-state index contributed by atoms with van der Waals surface area (Å²) in [5, 5.41) is 9.44. The van der Waals surface area contributed by atoms with Crippen LogP contribution in [0.15, 0.2) is 66.7 Å². The van der Waals surface area contributed by atoms with Crippen LogP contribution in [0.25, 0.3) is 11.1 Å². The van der Waals surface area contributed by atoms with E-state index in [1.54, 1.807) is 0 Å². The van der Waals surface area contributed by atoms with Gasteiger partial charge in [-0.1, -0.05) is 36.4 Å². The average Bonchev–Trinajstić information content (AvgIpc) is 2.82. The molecule has 3 aromatic rings. The minimum Gasteiger partial charge on any atom is -0.465 e. The van der Waals surface area contributed by atoms with Gasteiger partial charge in [-0.2, -0.15) is 26.3 Å². The van der Waals surface area contributed by atoms with Crippen LogP contribution in [0.1, 0.15) is 21.5 Å². The van der Waals surface area contributed by atoms with E-state index in [-0.39, 0.29) is 28.4 Å². The second kappa shape index (κ2) is 10.3. The molecule has 0 saturated carbocycles. The molecule has 3 aromatic carbocycles. The quantitative estimate of drug-likeness (QED) is 0.290. The van der Waals surface area contributed by atoms with E-state index in [2.05, 4.69) is 9.46 Å². The molecule has 204 valence electrons. The molecule has 0 aromatic heterocycles. The Hall–Kier alpha value is -3.65. The normalized spacial score (nSPS) is 12.8. The summed E-state index contributed by atoms with van der Waals surface area (Å²) < 4.78 is 125. The van der Waals surface area contributed by atoms with Gasteiger partial charge in [-0.3, -0.25) is 4.72 Å². The standard InChI is InChI=1S/C24H18F7NO5S/c1-37-21(33)16-4-2-14(3-5-16)13-38(35,36)32-18-9-6-15(7-10-18)19-11-8-17(12-20(19)25)22(34,23(26,27)28)24(29,30)31/h2-12,32,34H,13H2,1H3. The third kappa shape index (κ3) is 5.91. The molecule has 38 heavy (non-hydrogen) atoms. The van der Waals surface area contributed by atoms with Gasteiger partial charge in [0, 0.05) is 16.8 Å². The number of aliphatic hydroxyl groups is 1. The highest BCUT2D eigenvalue weighted by atomic mass is 32.2. The summed E-state index contributed by atoms with van der Waals surface area (Å²) in [6.07, 6.45) is -12.3. The summed E-state index contributed by atoms with van der Waals surface area (Å²) >= 11 is 0. The number of ether oxygens (including phenoxy) is 1. The molecule has 0 aliphatic heterocycles. The van der Waals surface area contributed by atoms with Gasteiger partial charge in [-0.15, -0.1) is 0 Å². The maximum atomic E-state index is 14.6. The number of hydrogen-bond acceptors (Lipinski definition) is 5. The molecule has 0 aliphatic rings. The molecular formula is C24H18F7NO5S. The summed E-state index contributed by atoms with van der Waals surface area (Å²) in [5.41, 5.74) is -6.79. The minimum atomic E-state index is -6.17. The first kappa shape index (κ1) is 28.9. The van der Waals surface area contributed by atoms with Gasteiger partial charge in [0.1, 0.15) is 5.82 Å². The molecule has 0 spiro atoms. The zero-order valence-electron chi connectivity index (χ0n) is 19.2. The van der Waals surface area contributed by atoms with Crippen LogP contribution >= 0.6 is 0 Å². The Morgan fingerprint density at radius 3 is 1.92 bits per heavy atom. The average molecular weight is 565 g/mol. The number of hydrogen-bond donors (Lipinski definition) is 2. The number of nitrogens with one attached hydrogen (secondary N) is 1. The third-order valence-corrected chi connectivity index (χ3v) is 6.67. The third-order valence-electron chi connectivity index (χ3n) is 5.41. The summed E-state index contributed by atoms with van der Waals surface area (Å²) in [6.45, 7) is 0. The van der Waals surface area contributed by atoms with Crippen LogP contribution in [0.5, 0.6) is 0 Å². The molecule has 0 heterocycles. The zero-order chi connectivity index (χ0) is 28.5. The molecule has 0 atom stereocenters. The van der Waals surface area contributed by atoms with Crippen molar-refractivity contribution in [1.29, 1.82) is 0 Å². The van der Waals surface area contributed by atoms with Gasteiger partial charge in [0.05, 0.1) is 18.4 Å². The predicted octanol–water partition coefficient (Wildman–Crippen LogP) is 5.53. The first-order valence-corrected chi connectivity index (χ1v) is 12.1. The van der Waals surface area contributed by atoms with Crippen molar-refractivity contribution in [3.05, 3.63) is 89.2 Å². The van der Waals surface area contributed by atoms with Gasteiger partial charge in [0.25, 0.3) is 5.60 Å². The Morgan fingerprint density at radius 1 is 0.895 bits per heavy atom. The van der Waals surface area contributed by atoms with Crippen molar-refractivity contribution >= 4 is 21.7 Å². The summed E-state index contributed by atoms with van der Waals surface area (Å²) in [6, 6.07) is 11.3. The van der Waals surface area contributed by atoms with Gasteiger partial charge >= 0.3 is 18.3 Å². The number of esters is 1. The van der Waals surface area contributed by atoms with Crippen molar-refractivity contribution in [3.63, 3.8) is 0 Å². The molecule has 0 saturated heterocycles. The molecule has 0 bridgehead atoms. The second-order valence-electron chi connectivity index (χ2n) is 8.03. The van der Waals surface area contributed by atoms with Crippen LogP contribution in [0, 0.1) is 5.82 Å². The van der Waals surface area contributed by atoms with Crippen molar-refractivity contribution in [3.8, 4) is 11.1 Å². The topological polar surface area (TPSA) is 92.7 Å². The number of alkyl halides is 6. The second-order valence-corrected chi connectivity index (χ2v) is 9.75. The zero-order valence-corrected chi connectivity index (χ0v) is 20.0. The Balaban J connectivity index is 1.79. The van der Waals surface area contributed by atoms with Gasteiger partial charge in [0.15, 0.2) is 0 Å². The van der Waals surface area contributed by atoms with E-state index < -0.39 is 51.1 Å². The molecule has 14 heteroatoms. The van der Waals surface area contributed by atoms with Crippen molar-refractivity contribution in [2.45, 2.75) is 23.7 Å². The molecule has 0 unspecified atom stereocenters. The summed E-state index contributed by atoms with van der Waals surface area (Å²) in [7, 11) is -2.75. The number of methoxy groups -OCH3 is 1. The van der Waals surface area contributed by atoms with Crippen LogP contribution in [-0.4, -0.2) is 39.0 Å². The molecule has 0 radical (unpaired) electrons. The van der Waals surface area contributed by atoms with Gasteiger partial charge < -0.3 is 9.84 Å². The molecular weight excluding hydrogens is 547 g/mol. The lowest BCUT2D eigenvalue weighted by atomic mass is 9.90. The van der Waals surface area contributed by atoms with Crippen LogP contribution in [0.3, 0.4) is 0 Å². The predicted molar refractivity (Wildman–Crippen MR) is 122 cm³/mol. The van der Waals surface area contributed by atoms with Gasteiger partial charge in [-0.05, 0) is 41.5 Å². The fourth-order valence-corrected chi connectivity index (χ4v) is 4.67. The largest absolute Gasteiger partial charge is 0.465 e. The Morgan fingerprint density at radius 2 is 1.45 bits per heavy atom. The van der Waals surface area contributed by atoms with Crippen molar-refractivity contribution in [2.75, 3.05) is 11.8 Å². The molecule has 0 aliphatic carbocycles. The fraction of sp³-hybridized carbons (Fsp3) is 0.208.